The second-order valence-corrected chi connectivity index (χ2v) is 7.18. The zero-order valence-electron chi connectivity index (χ0n) is 17.3. The Balaban J connectivity index is 1.55. The van der Waals surface area contributed by atoms with E-state index in [1.54, 1.807) is 18.3 Å². The monoisotopic (exact) mass is 443 g/mol. The molecule has 1 atom stereocenters. The largest absolute Gasteiger partial charge is 0.432 e. The third-order valence-electron chi connectivity index (χ3n) is 4.65. The number of benzene rings is 1. The Labute approximate surface area is 183 Å². The van der Waals surface area contributed by atoms with Crippen LogP contribution in [0.25, 0.3) is 10.9 Å². The second kappa shape index (κ2) is 10.4. The van der Waals surface area contributed by atoms with Gasteiger partial charge in [-0.1, -0.05) is 6.07 Å². The van der Waals surface area contributed by atoms with E-state index < -0.39 is 18.2 Å². The number of nitrogens with two attached hydrogens (primary N) is 2. The molecule has 3 rings (SSSR count). The Morgan fingerprint density at radius 1 is 1.25 bits per heavy atom. The second-order valence-electron chi connectivity index (χ2n) is 7.18. The lowest BCUT2D eigenvalue weighted by Crippen LogP contribution is -2.38. The molecule has 1 aromatic heterocycles. The van der Waals surface area contributed by atoms with Gasteiger partial charge in [-0.25, -0.2) is 4.79 Å². The Bertz CT molecular complexity index is 1040. The number of carbonyl (C=O) groups excluding carboxylic acids is 3. The summed E-state index contributed by atoms with van der Waals surface area (Å²) >= 11 is 0. The lowest BCUT2D eigenvalue weighted by molar-refractivity contribution is -0.189. The van der Waals surface area contributed by atoms with Gasteiger partial charge in [0.05, 0.1) is 18.5 Å². The first-order valence-corrected chi connectivity index (χ1v) is 9.97. The van der Waals surface area contributed by atoms with Crippen molar-refractivity contribution >= 4 is 34.8 Å². The van der Waals surface area contributed by atoms with Crippen LogP contribution in [0.2, 0.25) is 0 Å². The van der Waals surface area contributed by atoms with E-state index in [4.69, 9.17) is 16.3 Å². The number of aliphatic hydroxyl groups excluding tert-OH is 1. The van der Waals surface area contributed by atoms with Gasteiger partial charge in [0.25, 0.3) is 5.91 Å². The van der Waals surface area contributed by atoms with Gasteiger partial charge in [-0.3, -0.25) is 19.6 Å². The maximum atomic E-state index is 12.1. The summed E-state index contributed by atoms with van der Waals surface area (Å²) in [5, 5.41) is 16.4. The third-order valence-corrected chi connectivity index (χ3v) is 4.65. The number of pyridine rings is 1. The van der Waals surface area contributed by atoms with E-state index in [1.807, 2.05) is 12.1 Å². The standard InChI is InChI=1S/C20H25N7O5/c21-19(22)24-6-5-23-16(28)9-13-8-14-7-12(1-2-15(14)25-11-13)10-26-20(31)32-27-17(29)3-4-18(27)30/h1-2,7-8,11,17,29H,3-6,9-10H2,(H,23,28)(H,26,31)(H4,21,22,24). The summed E-state index contributed by atoms with van der Waals surface area (Å²) in [6.07, 6.45) is 0.159. The molecule has 7 N–H and O–H groups in total. The Kier molecular flexibility index (Phi) is 7.39. The predicted molar refractivity (Wildman–Crippen MR) is 115 cm³/mol. The third kappa shape index (κ3) is 6.28. The summed E-state index contributed by atoms with van der Waals surface area (Å²) < 4.78 is 0. The first-order chi connectivity index (χ1) is 15.3. The van der Waals surface area contributed by atoms with Gasteiger partial charge >= 0.3 is 6.09 Å². The zero-order valence-corrected chi connectivity index (χ0v) is 17.3. The first-order valence-electron chi connectivity index (χ1n) is 9.97. The van der Waals surface area contributed by atoms with Crippen LogP contribution in [0.5, 0.6) is 0 Å². The Morgan fingerprint density at radius 2 is 2.03 bits per heavy atom. The van der Waals surface area contributed by atoms with Gasteiger partial charge < -0.3 is 32.0 Å². The van der Waals surface area contributed by atoms with E-state index in [1.165, 1.54) is 0 Å². The lowest BCUT2D eigenvalue weighted by Gasteiger charge is -2.18. The molecule has 0 radical (unpaired) electrons. The molecule has 2 aromatic rings. The molecular weight excluding hydrogens is 418 g/mol. The van der Waals surface area contributed by atoms with Crippen molar-refractivity contribution in [2.45, 2.75) is 32.0 Å². The van der Waals surface area contributed by atoms with Gasteiger partial charge in [-0.05, 0) is 29.3 Å². The van der Waals surface area contributed by atoms with Crippen molar-refractivity contribution in [1.29, 1.82) is 0 Å². The van der Waals surface area contributed by atoms with Crippen LogP contribution < -0.4 is 22.1 Å². The topological polar surface area (TPSA) is 185 Å². The normalized spacial score (nSPS) is 15.5. The summed E-state index contributed by atoms with van der Waals surface area (Å²) in [5.74, 6) is -0.660. The molecule has 3 amide bonds. The summed E-state index contributed by atoms with van der Waals surface area (Å²) in [4.78, 5) is 48.6. The molecule has 1 fully saturated rings. The number of aliphatic hydroxyl groups is 1. The number of carbonyl (C=O) groups is 3. The average Bonchev–Trinajstić information content (AvgIpc) is 3.07. The fraction of sp³-hybridized carbons (Fsp3) is 0.350. The molecule has 32 heavy (non-hydrogen) atoms. The number of aliphatic imine (C=N–C) groups is 1. The molecule has 1 aliphatic rings. The molecule has 12 nitrogen and oxygen atoms in total. The average molecular weight is 443 g/mol. The number of hydroxylamine groups is 2. The Morgan fingerprint density at radius 3 is 2.75 bits per heavy atom. The fourth-order valence-electron chi connectivity index (χ4n) is 3.12. The fourth-order valence-corrected chi connectivity index (χ4v) is 3.12. The van der Waals surface area contributed by atoms with Crippen molar-refractivity contribution < 1.29 is 24.3 Å². The van der Waals surface area contributed by atoms with Crippen LogP contribution in [0, 0.1) is 0 Å². The van der Waals surface area contributed by atoms with E-state index >= 15 is 0 Å². The van der Waals surface area contributed by atoms with Gasteiger partial charge in [0.15, 0.2) is 12.2 Å². The van der Waals surface area contributed by atoms with Gasteiger partial charge in [-0.15, -0.1) is 5.06 Å². The van der Waals surface area contributed by atoms with Crippen molar-refractivity contribution in [1.82, 2.24) is 20.7 Å². The van der Waals surface area contributed by atoms with Gasteiger partial charge in [-0.2, -0.15) is 0 Å². The molecule has 0 aliphatic carbocycles. The van der Waals surface area contributed by atoms with Crippen LogP contribution in [0.1, 0.15) is 24.0 Å². The molecule has 0 bridgehead atoms. The smallest absolute Gasteiger partial charge is 0.370 e. The minimum atomic E-state index is -1.12. The SMILES string of the molecule is NC(N)=NCCNC(=O)Cc1cnc2ccc(CNC(=O)ON3C(=O)CCC3O)cc2c1. The maximum Gasteiger partial charge on any atom is 0.432 e. The minimum absolute atomic E-state index is 0.0290. The molecule has 0 spiro atoms. The van der Waals surface area contributed by atoms with E-state index in [9.17, 15) is 19.5 Å². The predicted octanol–water partition coefficient (Wildman–Crippen LogP) is -0.751. The van der Waals surface area contributed by atoms with Crippen LogP contribution in [0.4, 0.5) is 4.79 Å². The van der Waals surface area contributed by atoms with Crippen LogP contribution in [0.3, 0.4) is 0 Å². The summed E-state index contributed by atoms with van der Waals surface area (Å²) in [6.45, 7) is 0.764. The van der Waals surface area contributed by atoms with Crippen molar-refractivity contribution in [2.75, 3.05) is 13.1 Å². The van der Waals surface area contributed by atoms with E-state index in [-0.39, 0.29) is 37.7 Å². The number of rotatable bonds is 8. The first kappa shape index (κ1) is 22.7. The van der Waals surface area contributed by atoms with Crippen molar-refractivity contribution in [3.63, 3.8) is 0 Å². The Hall–Kier alpha value is -3.93. The summed E-state index contributed by atoms with van der Waals surface area (Å²) in [7, 11) is 0. The van der Waals surface area contributed by atoms with Crippen molar-refractivity contribution in [3.05, 3.63) is 41.6 Å². The molecule has 1 aliphatic heterocycles. The van der Waals surface area contributed by atoms with Gasteiger partial charge in [0, 0.05) is 37.5 Å². The summed E-state index contributed by atoms with van der Waals surface area (Å²) in [6, 6.07) is 7.27. The highest BCUT2D eigenvalue weighted by Crippen LogP contribution is 2.18. The number of amides is 3. The quantitative estimate of drug-likeness (QED) is 0.200. The molecule has 1 saturated heterocycles. The van der Waals surface area contributed by atoms with Crippen LogP contribution in [0.15, 0.2) is 35.5 Å². The molecule has 1 unspecified atom stereocenters. The number of hydrogen-bond donors (Lipinski definition) is 5. The van der Waals surface area contributed by atoms with E-state index in [2.05, 4.69) is 20.6 Å². The molecule has 1 aromatic carbocycles. The number of guanidine groups is 1. The highest BCUT2D eigenvalue weighted by Gasteiger charge is 2.32. The van der Waals surface area contributed by atoms with E-state index in [0.29, 0.717) is 18.2 Å². The number of nitrogens with one attached hydrogen (secondary N) is 2. The number of nitrogens with zero attached hydrogens (tertiary/aromatic N) is 3. The highest BCUT2D eigenvalue weighted by molar-refractivity contribution is 5.83. The molecule has 12 heteroatoms. The minimum Gasteiger partial charge on any atom is -0.370 e. The van der Waals surface area contributed by atoms with Crippen LogP contribution >= 0.6 is 0 Å². The highest BCUT2D eigenvalue weighted by atomic mass is 16.7. The molecular formula is C20H25N7O5. The molecule has 170 valence electrons. The van der Waals surface area contributed by atoms with E-state index in [0.717, 1.165) is 22.0 Å². The summed E-state index contributed by atoms with van der Waals surface area (Å²) in [5.41, 5.74) is 12.7. The van der Waals surface area contributed by atoms with Crippen molar-refractivity contribution in [3.8, 4) is 0 Å². The zero-order chi connectivity index (χ0) is 23.1. The number of fused-ring (bicyclic) bond motifs is 1. The molecule has 0 saturated carbocycles. The van der Waals surface area contributed by atoms with Gasteiger partial charge in [0.2, 0.25) is 5.91 Å². The number of aromatic nitrogens is 1. The van der Waals surface area contributed by atoms with Crippen molar-refractivity contribution in [2.24, 2.45) is 16.5 Å². The molecule has 2 heterocycles. The van der Waals surface area contributed by atoms with Crippen LogP contribution in [-0.4, -0.2) is 58.3 Å². The van der Waals surface area contributed by atoms with Gasteiger partial charge in [0.1, 0.15) is 0 Å². The van der Waals surface area contributed by atoms with Crippen LogP contribution in [-0.2, 0) is 27.4 Å². The number of hydrogen-bond acceptors (Lipinski definition) is 7. The maximum absolute atomic E-state index is 12.1. The lowest BCUT2D eigenvalue weighted by atomic mass is 10.1.